The van der Waals surface area contributed by atoms with Gasteiger partial charge in [0.15, 0.2) is 5.96 Å². The van der Waals surface area contributed by atoms with Crippen molar-refractivity contribution < 1.29 is 9.47 Å². The summed E-state index contributed by atoms with van der Waals surface area (Å²) in [6.07, 6.45) is 4.66. The fourth-order valence-electron chi connectivity index (χ4n) is 3.12. The molecule has 1 aliphatic heterocycles. The summed E-state index contributed by atoms with van der Waals surface area (Å²) in [7, 11) is 3.97. The molecular weight excluding hydrogens is 340 g/mol. The van der Waals surface area contributed by atoms with E-state index in [1.807, 2.05) is 7.05 Å². The molecule has 1 atom stereocenters. The normalized spacial score (nSPS) is 17.4. The van der Waals surface area contributed by atoms with Gasteiger partial charge in [0.25, 0.3) is 0 Å². The summed E-state index contributed by atoms with van der Waals surface area (Å²) in [5.41, 5.74) is 1.35. The highest BCUT2D eigenvalue weighted by molar-refractivity contribution is 5.79. The molecular formula is C21H36N4O2. The molecule has 1 aliphatic rings. The number of nitrogens with one attached hydrogen (secondary N) is 2. The SMILES string of the molecule is CN=C(NCCCOCC1CCCO1)NCCCN(C)Cc1ccccc1. The first-order valence-corrected chi connectivity index (χ1v) is 10.1. The van der Waals surface area contributed by atoms with E-state index in [9.17, 15) is 0 Å². The zero-order valence-corrected chi connectivity index (χ0v) is 17.0. The highest BCUT2D eigenvalue weighted by Crippen LogP contribution is 2.11. The van der Waals surface area contributed by atoms with E-state index in [1.54, 1.807) is 0 Å². The predicted molar refractivity (Wildman–Crippen MR) is 111 cm³/mol. The Morgan fingerprint density at radius 2 is 2.00 bits per heavy atom. The van der Waals surface area contributed by atoms with Gasteiger partial charge in [-0.15, -0.1) is 0 Å². The molecule has 1 unspecified atom stereocenters. The highest BCUT2D eigenvalue weighted by atomic mass is 16.5. The Hall–Kier alpha value is -1.63. The minimum Gasteiger partial charge on any atom is -0.379 e. The molecule has 6 heteroatoms. The van der Waals surface area contributed by atoms with Crippen molar-refractivity contribution in [1.82, 2.24) is 15.5 Å². The number of hydrogen-bond donors (Lipinski definition) is 2. The molecule has 1 fully saturated rings. The number of hydrogen-bond acceptors (Lipinski definition) is 4. The van der Waals surface area contributed by atoms with E-state index in [1.165, 1.54) is 12.0 Å². The lowest BCUT2D eigenvalue weighted by atomic mass is 10.2. The summed E-state index contributed by atoms with van der Waals surface area (Å²) >= 11 is 0. The Morgan fingerprint density at radius 3 is 2.70 bits per heavy atom. The second-order valence-electron chi connectivity index (χ2n) is 7.07. The molecule has 0 saturated carbocycles. The van der Waals surface area contributed by atoms with Gasteiger partial charge < -0.3 is 25.0 Å². The summed E-state index contributed by atoms with van der Waals surface area (Å²) in [6.45, 7) is 6.18. The number of rotatable bonds is 12. The zero-order valence-electron chi connectivity index (χ0n) is 17.0. The molecule has 2 N–H and O–H groups in total. The summed E-state index contributed by atoms with van der Waals surface area (Å²) in [5.74, 6) is 0.861. The number of ether oxygens (including phenoxy) is 2. The van der Waals surface area contributed by atoms with Gasteiger partial charge in [-0.3, -0.25) is 4.99 Å². The van der Waals surface area contributed by atoms with E-state index in [4.69, 9.17) is 9.47 Å². The third-order valence-corrected chi connectivity index (χ3v) is 4.61. The average Bonchev–Trinajstić information content (AvgIpc) is 3.20. The van der Waals surface area contributed by atoms with Crippen LogP contribution in [0.15, 0.2) is 35.3 Å². The lowest BCUT2D eigenvalue weighted by Gasteiger charge is -2.17. The van der Waals surface area contributed by atoms with Gasteiger partial charge in [-0.05, 0) is 44.8 Å². The van der Waals surface area contributed by atoms with Crippen molar-refractivity contribution in [1.29, 1.82) is 0 Å². The van der Waals surface area contributed by atoms with Gasteiger partial charge in [0.05, 0.1) is 12.7 Å². The molecule has 0 aliphatic carbocycles. The third-order valence-electron chi connectivity index (χ3n) is 4.61. The summed E-state index contributed by atoms with van der Waals surface area (Å²) < 4.78 is 11.2. The average molecular weight is 377 g/mol. The van der Waals surface area contributed by atoms with Crippen LogP contribution in [0.25, 0.3) is 0 Å². The van der Waals surface area contributed by atoms with Crippen molar-refractivity contribution in [3.8, 4) is 0 Å². The number of aliphatic imine (C=N–C) groups is 1. The molecule has 0 radical (unpaired) electrons. The van der Waals surface area contributed by atoms with Crippen molar-refractivity contribution in [3.63, 3.8) is 0 Å². The molecule has 1 aromatic carbocycles. The molecule has 0 spiro atoms. The Morgan fingerprint density at radius 1 is 1.22 bits per heavy atom. The molecule has 1 aromatic rings. The van der Waals surface area contributed by atoms with Crippen LogP contribution in [0.5, 0.6) is 0 Å². The van der Waals surface area contributed by atoms with Crippen molar-refractivity contribution in [3.05, 3.63) is 35.9 Å². The number of guanidine groups is 1. The molecule has 0 amide bonds. The Kier molecular flexibility index (Phi) is 10.9. The molecule has 0 aromatic heterocycles. The molecule has 6 nitrogen and oxygen atoms in total. The van der Waals surface area contributed by atoms with Crippen LogP contribution in [-0.2, 0) is 16.0 Å². The van der Waals surface area contributed by atoms with Crippen LogP contribution in [0.3, 0.4) is 0 Å². The molecule has 1 saturated heterocycles. The van der Waals surface area contributed by atoms with E-state index in [-0.39, 0.29) is 0 Å². The van der Waals surface area contributed by atoms with E-state index < -0.39 is 0 Å². The van der Waals surface area contributed by atoms with Crippen molar-refractivity contribution >= 4 is 5.96 Å². The Balaban J connectivity index is 1.45. The summed E-state index contributed by atoms with van der Waals surface area (Å²) in [5, 5.41) is 6.72. The minimum absolute atomic E-state index is 0.312. The first kappa shape index (κ1) is 21.7. The fourth-order valence-corrected chi connectivity index (χ4v) is 3.12. The quantitative estimate of drug-likeness (QED) is 0.333. The van der Waals surface area contributed by atoms with Crippen LogP contribution in [-0.4, -0.2) is 70.5 Å². The topological polar surface area (TPSA) is 58.1 Å². The molecule has 2 rings (SSSR count). The fraction of sp³-hybridized carbons (Fsp3) is 0.667. The van der Waals surface area contributed by atoms with Gasteiger partial charge in [0.2, 0.25) is 0 Å². The lowest BCUT2D eigenvalue weighted by Crippen LogP contribution is -2.39. The van der Waals surface area contributed by atoms with Gasteiger partial charge >= 0.3 is 0 Å². The van der Waals surface area contributed by atoms with Crippen LogP contribution in [0.4, 0.5) is 0 Å². The van der Waals surface area contributed by atoms with Gasteiger partial charge in [0, 0.05) is 39.9 Å². The second-order valence-corrected chi connectivity index (χ2v) is 7.07. The molecule has 1 heterocycles. The molecule has 0 bridgehead atoms. The molecule has 152 valence electrons. The van der Waals surface area contributed by atoms with Gasteiger partial charge in [-0.2, -0.15) is 0 Å². The first-order chi connectivity index (χ1) is 13.3. The molecule has 27 heavy (non-hydrogen) atoms. The van der Waals surface area contributed by atoms with E-state index in [0.717, 1.165) is 71.2 Å². The highest BCUT2D eigenvalue weighted by Gasteiger charge is 2.14. The monoisotopic (exact) mass is 376 g/mol. The predicted octanol–water partition coefficient (Wildman–Crippen LogP) is 2.26. The maximum atomic E-state index is 5.68. The van der Waals surface area contributed by atoms with Gasteiger partial charge in [-0.25, -0.2) is 0 Å². The minimum atomic E-state index is 0.312. The largest absolute Gasteiger partial charge is 0.379 e. The Labute approximate surface area is 164 Å². The number of nitrogens with zero attached hydrogens (tertiary/aromatic N) is 2. The standard InChI is InChI=1S/C21H36N4O2/c1-22-21(24-13-8-15-26-18-20-11-6-16-27-20)23-12-7-14-25(2)17-19-9-4-3-5-10-19/h3-5,9-10,20H,6-8,11-18H2,1-2H3,(H2,22,23,24). The maximum Gasteiger partial charge on any atom is 0.190 e. The van der Waals surface area contributed by atoms with Crippen LogP contribution < -0.4 is 10.6 Å². The van der Waals surface area contributed by atoms with Crippen molar-refractivity contribution in [2.75, 3.05) is 53.6 Å². The lowest BCUT2D eigenvalue weighted by molar-refractivity contribution is 0.0168. The first-order valence-electron chi connectivity index (χ1n) is 10.1. The van der Waals surface area contributed by atoms with Gasteiger partial charge in [0.1, 0.15) is 0 Å². The van der Waals surface area contributed by atoms with Crippen LogP contribution in [0, 0.1) is 0 Å². The summed E-state index contributed by atoms with van der Waals surface area (Å²) in [4.78, 5) is 6.62. The van der Waals surface area contributed by atoms with Crippen molar-refractivity contribution in [2.45, 2.75) is 38.3 Å². The van der Waals surface area contributed by atoms with Crippen LogP contribution >= 0.6 is 0 Å². The van der Waals surface area contributed by atoms with Crippen LogP contribution in [0.1, 0.15) is 31.2 Å². The third kappa shape index (κ3) is 9.75. The Bertz CT molecular complexity index is 518. The zero-order chi connectivity index (χ0) is 19.2. The van der Waals surface area contributed by atoms with Crippen LogP contribution in [0.2, 0.25) is 0 Å². The smallest absolute Gasteiger partial charge is 0.190 e. The summed E-state index contributed by atoms with van der Waals surface area (Å²) in [6, 6.07) is 10.6. The number of benzene rings is 1. The van der Waals surface area contributed by atoms with E-state index in [2.05, 4.69) is 57.9 Å². The van der Waals surface area contributed by atoms with Crippen molar-refractivity contribution in [2.24, 2.45) is 4.99 Å². The maximum absolute atomic E-state index is 5.68. The second kappa shape index (κ2) is 13.5. The van der Waals surface area contributed by atoms with E-state index in [0.29, 0.717) is 6.10 Å². The van der Waals surface area contributed by atoms with Gasteiger partial charge in [-0.1, -0.05) is 30.3 Å². The van der Waals surface area contributed by atoms with E-state index >= 15 is 0 Å².